The van der Waals surface area contributed by atoms with Crippen molar-refractivity contribution in [2.75, 3.05) is 11.4 Å². The summed E-state index contributed by atoms with van der Waals surface area (Å²) < 4.78 is 54.4. The Morgan fingerprint density at radius 2 is 1.74 bits per heavy atom. The summed E-state index contributed by atoms with van der Waals surface area (Å²) in [6.45, 7) is 8.13. The first-order valence-corrected chi connectivity index (χ1v) is 14.7. The number of carbonyl (C=O) groups excluding carboxylic acids is 3. The minimum atomic E-state index is -4.84. The Balaban J connectivity index is 1.65. The van der Waals surface area contributed by atoms with Gasteiger partial charge in [-0.3, -0.25) is 9.59 Å². The second-order valence-corrected chi connectivity index (χ2v) is 12.1. The number of halogens is 3. The first-order chi connectivity index (χ1) is 20.2. The summed E-state index contributed by atoms with van der Waals surface area (Å²) in [6, 6.07) is 9.89. The molecular formula is C32H40F3N3O5. The molecule has 234 valence electrons. The van der Waals surface area contributed by atoms with Gasteiger partial charge >= 0.3 is 12.3 Å². The molecule has 1 heterocycles. The molecule has 8 nitrogen and oxygen atoms in total. The van der Waals surface area contributed by atoms with E-state index in [0.717, 1.165) is 49.8 Å². The highest BCUT2D eigenvalue weighted by Crippen LogP contribution is 2.44. The summed E-state index contributed by atoms with van der Waals surface area (Å²) in [4.78, 5) is 42.7. The normalized spacial score (nSPS) is 17.6. The van der Waals surface area contributed by atoms with Crippen molar-refractivity contribution in [3.05, 3.63) is 59.2 Å². The number of carbonyl (C=O) groups is 3. The Morgan fingerprint density at radius 1 is 1.09 bits per heavy atom. The van der Waals surface area contributed by atoms with Gasteiger partial charge in [-0.2, -0.15) is 13.2 Å². The number of ether oxygens (including phenoxy) is 2. The number of nitrogens with one attached hydrogen (secondary N) is 1. The molecule has 2 aromatic rings. The summed E-state index contributed by atoms with van der Waals surface area (Å²) in [5.41, 5.74) is -2.29. The summed E-state index contributed by atoms with van der Waals surface area (Å²) in [7, 11) is 0. The molecule has 1 saturated carbocycles. The van der Waals surface area contributed by atoms with E-state index in [4.69, 9.17) is 9.47 Å². The molecule has 4 rings (SSSR count). The predicted octanol–water partition coefficient (Wildman–Crippen LogP) is 6.71. The van der Waals surface area contributed by atoms with E-state index in [0.29, 0.717) is 0 Å². The van der Waals surface area contributed by atoms with Crippen LogP contribution in [-0.4, -0.2) is 53.1 Å². The van der Waals surface area contributed by atoms with E-state index in [1.165, 1.54) is 18.7 Å². The Bertz CT molecular complexity index is 1320. The van der Waals surface area contributed by atoms with Crippen LogP contribution >= 0.6 is 0 Å². The van der Waals surface area contributed by atoms with Gasteiger partial charge in [-0.25, -0.2) is 4.79 Å². The van der Waals surface area contributed by atoms with E-state index >= 15 is 0 Å². The second kappa shape index (κ2) is 12.9. The van der Waals surface area contributed by atoms with E-state index in [9.17, 15) is 27.6 Å². The lowest BCUT2D eigenvalue weighted by atomic mass is 9.92. The average Bonchev–Trinajstić information content (AvgIpc) is 2.94. The quantitative estimate of drug-likeness (QED) is 0.363. The predicted molar refractivity (Wildman–Crippen MR) is 156 cm³/mol. The third kappa shape index (κ3) is 7.43. The van der Waals surface area contributed by atoms with E-state index in [1.54, 1.807) is 25.7 Å². The van der Waals surface area contributed by atoms with Gasteiger partial charge in [-0.05, 0) is 65.2 Å². The lowest BCUT2D eigenvalue weighted by Gasteiger charge is -2.41. The smallest absolute Gasteiger partial charge is 0.417 e. The minimum Gasteiger partial charge on any atom is -0.476 e. The maximum Gasteiger partial charge on any atom is 0.417 e. The largest absolute Gasteiger partial charge is 0.476 e. The number of rotatable bonds is 8. The molecule has 0 radical (unpaired) electrons. The van der Waals surface area contributed by atoms with Crippen LogP contribution in [0.15, 0.2) is 42.5 Å². The standard InChI is InChI=1S/C32H40F3N3O5/c1-20(2)38(23-14-10-7-11-15-23)28(39)24-16-26-27(17-25(24)32(33,34)35)43-31(4,5)29(40)37(26)18-21(3)36-30(41)42-19-22-12-8-6-9-13-22/h6,8-9,12-13,16-17,20-21,23H,7,10-11,14-15,18-19H2,1-5H3,(H,36,41)/t21-/m0/s1. The third-order valence-electron chi connectivity index (χ3n) is 7.84. The van der Waals surface area contributed by atoms with Gasteiger partial charge in [0.05, 0.1) is 16.8 Å². The fourth-order valence-corrected chi connectivity index (χ4v) is 5.81. The van der Waals surface area contributed by atoms with Crippen molar-refractivity contribution < 1.29 is 37.0 Å². The van der Waals surface area contributed by atoms with Gasteiger partial charge in [0.15, 0.2) is 5.60 Å². The zero-order valence-corrected chi connectivity index (χ0v) is 25.3. The third-order valence-corrected chi connectivity index (χ3v) is 7.84. The molecule has 1 atom stereocenters. The molecule has 0 saturated heterocycles. The lowest BCUT2D eigenvalue weighted by molar-refractivity contribution is -0.138. The van der Waals surface area contributed by atoms with Gasteiger partial charge < -0.3 is 24.6 Å². The fourth-order valence-electron chi connectivity index (χ4n) is 5.81. The van der Waals surface area contributed by atoms with Crippen LogP contribution in [0.25, 0.3) is 0 Å². The summed E-state index contributed by atoms with van der Waals surface area (Å²) >= 11 is 0. The molecule has 3 amide bonds. The summed E-state index contributed by atoms with van der Waals surface area (Å²) in [5, 5.41) is 2.67. The highest BCUT2D eigenvalue weighted by atomic mass is 19.4. The van der Waals surface area contributed by atoms with Crippen molar-refractivity contribution >= 4 is 23.6 Å². The zero-order chi connectivity index (χ0) is 31.5. The van der Waals surface area contributed by atoms with Gasteiger partial charge in [0.1, 0.15) is 12.4 Å². The van der Waals surface area contributed by atoms with Gasteiger partial charge in [0, 0.05) is 24.7 Å². The van der Waals surface area contributed by atoms with Gasteiger partial charge in [-0.1, -0.05) is 49.6 Å². The van der Waals surface area contributed by atoms with Gasteiger partial charge in [0.2, 0.25) is 0 Å². The maximum atomic E-state index is 14.4. The van der Waals surface area contributed by atoms with Crippen LogP contribution in [0.1, 0.15) is 88.2 Å². The molecule has 0 spiro atoms. The number of fused-ring (bicyclic) bond motifs is 1. The highest BCUT2D eigenvalue weighted by molar-refractivity contribution is 6.05. The molecular weight excluding hydrogens is 563 g/mol. The molecule has 43 heavy (non-hydrogen) atoms. The molecule has 1 fully saturated rings. The maximum absolute atomic E-state index is 14.4. The number of benzene rings is 2. The number of anilines is 1. The Morgan fingerprint density at radius 3 is 2.35 bits per heavy atom. The zero-order valence-electron chi connectivity index (χ0n) is 25.3. The van der Waals surface area contributed by atoms with Crippen molar-refractivity contribution in [1.29, 1.82) is 0 Å². The Labute approximate surface area is 250 Å². The molecule has 1 aliphatic heterocycles. The van der Waals surface area contributed by atoms with E-state index in [-0.39, 0.29) is 36.7 Å². The van der Waals surface area contributed by atoms with Crippen LogP contribution in [0.3, 0.4) is 0 Å². The van der Waals surface area contributed by atoms with Crippen molar-refractivity contribution in [2.24, 2.45) is 0 Å². The molecule has 1 aliphatic carbocycles. The van der Waals surface area contributed by atoms with Crippen LogP contribution in [0.4, 0.5) is 23.7 Å². The molecule has 2 aliphatic rings. The molecule has 2 aromatic carbocycles. The van der Waals surface area contributed by atoms with E-state index < -0.39 is 46.9 Å². The number of alkyl carbamates (subject to hydrolysis) is 1. The monoisotopic (exact) mass is 603 g/mol. The molecule has 11 heteroatoms. The first kappa shape index (κ1) is 32.2. The number of hydrogen-bond acceptors (Lipinski definition) is 5. The first-order valence-electron chi connectivity index (χ1n) is 14.7. The molecule has 0 bridgehead atoms. The van der Waals surface area contributed by atoms with Crippen molar-refractivity contribution in [3.8, 4) is 5.75 Å². The van der Waals surface area contributed by atoms with Crippen LogP contribution in [-0.2, 0) is 22.3 Å². The van der Waals surface area contributed by atoms with Crippen LogP contribution < -0.4 is 15.0 Å². The van der Waals surface area contributed by atoms with Crippen molar-refractivity contribution in [1.82, 2.24) is 10.2 Å². The average molecular weight is 604 g/mol. The highest BCUT2D eigenvalue weighted by Gasteiger charge is 2.45. The van der Waals surface area contributed by atoms with Gasteiger partial charge in [-0.15, -0.1) is 0 Å². The SMILES string of the molecule is CC(C)N(C(=O)c1cc2c(cc1C(F)(F)F)OC(C)(C)C(=O)N2C[C@H](C)NC(=O)OCc1ccccc1)C1CCCCC1. The molecule has 0 aromatic heterocycles. The fraction of sp³-hybridized carbons (Fsp3) is 0.531. The van der Waals surface area contributed by atoms with E-state index in [2.05, 4.69) is 5.32 Å². The summed E-state index contributed by atoms with van der Waals surface area (Å²) in [6.07, 6.45) is -1.27. The van der Waals surface area contributed by atoms with Crippen molar-refractivity contribution in [3.63, 3.8) is 0 Å². The van der Waals surface area contributed by atoms with Gasteiger partial charge in [0.25, 0.3) is 11.8 Å². The minimum absolute atomic E-state index is 0.0410. The van der Waals surface area contributed by atoms with Crippen molar-refractivity contribution in [2.45, 2.75) is 103 Å². The number of alkyl halides is 3. The lowest BCUT2D eigenvalue weighted by Crippen LogP contribution is -2.56. The Hall–Kier alpha value is -3.76. The Kier molecular flexibility index (Phi) is 9.61. The topological polar surface area (TPSA) is 88.2 Å². The second-order valence-electron chi connectivity index (χ2n) is 12.1. The van der Waals surface area contributed by atoms with Crippen LogP contribution in [0, 0.1) is 0 Å². The van der Waals surface area contributed by atoms with Crippen LogP contribution in [0.2, 0.25) is 0 Å². The number of amides is 3. The number of hydrogen-bond donors (Lipinski definition) is 1. The van der Waals surface area contributed by atoms with E-state index in [1.807, 2.05) is 30.3 Å². The molecule has 1 N–H and O–H groups in total. The number of nitrogens with zero attached hydrogens (tertiary/aromatic N) is 2. The summed E-state index contributed by atoms with van der Waals surface area (Å²) in [5.74, 6) is -1.41. The molecule has 0 unspecified atom stereocenters. The van der Waals surface area contributed by atoms with Crippen LogP contribution in [0.5, 0.6) is 5.75 Å².